The van der Waals surface area contributed by atoms with Gasteiger partial charge in [-0.25, -0.2) is 0 Å². The Morgan fingerprint density at radius 2 is 1.84 bits per heavy atom. The predicted octanol–water partition coefficient (Wildman–Crippen LogP) is 4.52. The minimum absolute atomic E-state index is 0.0663. The number of halogens is 3. The van der Waals surface area contributed by atoms with Crippen LogP contribution in [0, 0.1) is 0 Å². The largest absolute Gasteiger partial charge is 0.418 e. The third kappa shape index (κ3) is 4.29. The zero-order chi connectivity index (χ0) is 17.9. The molecule has 0 atom stereocenters. The molecule has 0 saturated heterocycles. The molecule has 2 aromatic rings. The number of benzene rings is 1. The van der Waals surface area contributed by atoms with E-state index in [1.165, 1.54) is 36.5 Å². The van der Waals surface area contributed by atoms with Gasteiger partial charge in [0.25, 0.3) is 5.91 Å². The van der Waals surface area contributed by atoms with Gasteiger partial charge in [-0.15, -0.1) is 0 Å². The lowest BCUT2D eigenvalue weighted by molar-refractivity contribution is -0.136. The first-order valence-corrected chi connectivity index (χ1v) is 8.13. The fraction of sp³-hybridized carbons (Fsp3) is 0.333. The number of amides is 1. The normalized spacial score (nSPS) is 15.2. The van der Waals surface area contributed by atoms with Gasteiger partial charge in [-0.1, -0.05) is 25.0 Å². The van der Waals surface area contributed by atoms with Crippen molar-refractivity contribution in [2.45, 2.75) is 37.9 Å². The number of hydrogen-bond acceptors (Lipinski definition) is 3. The SMILES string of the molecule is O=C(NC1CCCC1)c1cc(Nc2ccccc2C(F)(F)F)ccn1. The maximum Gasteiger partial charge on any atom is 0.418 e. The Labute approximate surface area is 143 Å². The molecule has 0 spiro atoms. The number of alkyl halides is 3. The lowest BCUT2D eigenvalue weighted by Gasteiger charge is -2.15. The number of rotatable bonds is 4. The number of para-hydroxylation sites is 1. The highest BCUT2D eigenvalue weighted by molar-refractivity contribution is 5.93. The molecule has 0 aliphatic heterocycles. The van der Waals surface area contributed by atoms with Crippen molar-refractivity contribution in [2.24, 2.45) is 0 Å². The van der Waals surface area contributed by atoms with Crippen molar-refractivity contribution < 1.29 is 18.0 Å². The molecule has 1 aromatic carbocycles. The molecule has 1 heterocycles. The number of carbonyl (C=O) groups excluding carboxylic acids is 1. The molecule has 7 heteroatoms. The minimum atomic E-state index is -4.46. The average molecular weight is 349 g/mol. The lowest BCUT2D eigenvalue weighted by Crippen LogP contribution is -2.33. The molecule has 1 saturated carbocycles. The zero-order valence-electron chi connectivity index (χ0n) is 13.4. The molecule has 1 aromatic heterocycles. The molecule has 1 amide bonds. The fourth-order valence-electron chi connectivity index (χ4n) is 2.96. The summed E-state index contributed by atoms with van der Waals surface area (Å²) in [6.45, 7) is 0. The van der Waals surface area contributed by atoms with Gasteiger partial charge < -0.3 is 10.6 Å². The first kappa shape index (κ1) is 17.3. The van der Waals surface area contributed by atoms with Crippen LogP contribution in [0.1, 0.15) is 41.7 Å². The summed E-state index contributed by atoms with van der Waals surface area (Å²) in [5, 5.41) is 5.64. The van der Waals surface area contributed by atoms with E-state index in [4.69, 9.17) is 0 Å². The summed E-state index contributed by atoms with van der Waals surface area (Å²) < 4.78 is 39.2. The molecule has 0 unspecified atom stereocenters. The molecule has 4 nitrogen and oxygen atoms in total. The summed E-state index contributed by atoms with van der Waals surface area (Å²) >= 11 is 0. The first-order chi connectivity index (χ1) is 11.9. The van der Waals surface area contributed by atoms with Gasteiger partial charge in [-0.05, 0) is 37.1 Å². The molecule has 0 radical (unpaired) electrons. The molecule has 25 heavy (non-hydrogen) atoms. The van der Waals surface area contributed by atoms with Crippen LogP contribution in [0.2, 0.25) is 0 Å². The van der Waals surface area contributed by atoms with Crippen LogP contribution in [0.15, 0.2) is 42.6 Å². The zero-order valence-corrected chi connectivity index (χ0v) is 13.4. The monoisotopic (exact) mass is 349 g/mol. The van der Waals surface area contributed by atoms with E-state index in [0.29, 0.717) is 5.69 Å². The summed E-state index contributed by atoms with van der Waals surface area (Å²) in [5.74, 6) is -0.306. The maximum atomic E-state index is 13.1. The molecule has 132 valence electrons. The number of carbonyl (C=O) groups is 1. The molecule has 3 rings (SSSR count). The minimum Gasteiger partial charge on any atom is -0.355 e. The summed E-state index contributed by atoms with van der Waals surface area (Å²) in [4.78, 5) is 16.3. The quantitative estimate of drug-likeness (QED) is 0.853. The highest BCUT2D eigenvalue weighted by Gasteiger charge is 2.33. The summed E-state index contributed by atoms with van der Waals surface area (Å²) in [7, 11) is 0. The van der Waals surface area contributed by atoms with Crippen LogP contribution in [0.3, 0.4) is 0 Å². The van der Waals surface area contributed by atoms with E-state index < -0.39 is 11.7 Å². The molecule has 1 aliphatic carbocycles. The van der Waals surface area contributed by atoms with Gasteiger partial charge in [-0.2, -0.15) is 13.2 Å². The van der Waals surface area contributed by atoms with Crippen molar-refractivity contribution in [1.82, 2.24) is 10.3 Å². The van der Waals surface area contributed by atoms with Crippen molar-refractivity contribution in [2.75, 3.05) is 5.32 Å². The number of nitrogens with one attached hydrogen (secondary N) is 2. The van der Waals surface area contributed by atoms with Crippen LogP contribution in [0.5, 0.6) is 0 Å². The van der Waals surface area contributed by atoms with Gasteiger partial charge in [0.05, 0.1) is 11.3 Å². The third-order valence-electron chi connectivity index (χ3n) is 4.19. The second kappa shape index (κ2) is 7.13. The van der Waals surface area contributed by atoms with E-state index in [9.17, 15) is 18.0 Å². The van der Waals surface area contributed by atoms with Gasteiger partial charge in [0.2, 0.25) is 0 Å². The number of aromatic nitrogens is 1. The topological polar surface area (TPSA) is 54.0 Å². The number of anilines is 2. The number of pyridine rings is 1. The molecule has 1 fully saturated rings. The predicted molar refractivity (Wildman–Crippen MR) is 88.7 cm³/mol. The van der Waals surface area contributed by atoms with Gasteiger partial charge in [0, 0.05) is 17.9 Å². The molecule has 1 aliphatic rings. The van der Waals surface area contributed by atoms with Crippen LogP contribution >= 0.6 is 0 Å². The van der Waals surface area contributed by atoms with Crippen molar-refractivity contribution >= 4 is 17.3 Å². The van der Waals surface area contributed by atoms with Gasteiger partial charge in [0.1, 0.15) is 5.69 Å². The van der Waals surface area contributed by atoms with Crippen LogP contribution in [0.25, 0.3) is 0 Å². The lowest BCUT2D eigenvalue weighted by atomic mass is 10.1. The molecule has 2 N–H and O–H groups in total. The summed E-state index contributed by atoms with van der Waals surface area (Å²) in [6, 6.07) is 8.35. The number of hydrogen-bond donors (Lipinski definition) is 2. The fourth-order valence-corrected chi connectivity index (χ4v) is 2.96. The van der Waals surface area contributed by atoms with Crippen LogP contribution in [-0.2, 0) is 6.18 Å². The highest BCUT2D eigenvalue weighted by Crippen LogP contribution is 2.35. The Bertz CT molecular complexity index is 755. The van der Waals surface area contributed by atoms with E-state index >= 15 is 0 Å². The second-order valence-electron chi connectivity index (χ2n) is 6.05. The first-order valence-electron chi connectivity index (χ1n) is 8.13. The molecular weight excluding hydrogens is 331 g/mol. The smallest absolute Gasteiger partial charge is 0.355 e. The van der Waals surface area contributed by atoms with Crippen LogP contribution in [-0.4, -0.2) is 16.9 Å². The second-order valence-corrected chi connectivity index (χ2v) is 6.05. The van der Waals surface area contributed by atoms with E-state index in [1.807, 2.05) is 0 Å². The van der Waals surface area contributed by atoms with Gasteiger partial charge in [0.15, 0.2) is 0 Å². The maximum absolute atomic E-state index is 13.1. The van der Waals surface area contributed by atoms with Crippen molar-refractivity contribution in [1.29, 1.82) is 0 Å². The third-order valence-corrected chi connectivity index (χ3v) is 4.19. The van der Waals surface area contributed by atoms with Gasteiger partial charge in [-0.3, -0.25) is 9.78 Å². The number of nitrogens with zero attached hydrogens (tertiary/aromatic N) is 1. The standard InChI is InChI=1S/C18H18F3N3O/c19-18(20,21)14-7-3-4-8-15(14)23-13-9-10-22-16(11-13)17(25)24-12-5-1-2-6-12/h3-4,7-12H,1-2,5-6H2,(H,22,23)(H,24,25). The van der Waals surface area contributed by atoms with Gasteiger partial charge >= 0.3 is 6.18 Å². The van der Waals surface area contributed by atoms with Crippen LogP contribution < -0.4 is 10.6 Å². The Morgan fingerprint density at radius 3 is 2.56 bits per heavy atom. The highest BCUT2D eigenvalue weighted by atomic mass is 19.4. The Hall–Kier alpha value is -2.57. The van der Waals surface area contributed by atoms with E-state index in [0.717, 1.165) is 31.7 Å². The van der Waals surface area contributed by atoms with E-state index in [1.54, 1.807) is 0 Å². The van der Waals surface area contributed by atoms with E-state index in [2.05, 4.69) is 15.6 Å². The van der Waals surface area contributed by atoms with Crippen molar-refractivity contribution in [3.05, 3.63) is 53.9 Å². The summed E-state index contributed by atoms with van der Waals surface area (Å²) in [6.07, 6.45) is 1.02. The Balaban J connectivity index is 1.77. The molecule has 0 bridgehead atoms. The van der Waals surface area contributed by atoms with Crippen molar-refractivity contribution in [3.63, 3.8) is 0 Å². The Morgan fingerprint density at radius 1 is 1.12 bits per heavy atom. The van der Waals surface area contributed by atoms with Crippen LogP contribution in [0.4, 0.5) is 24.5 Å². The Kier molecular flexibility index (Phi) is 4.92. The molecular formula is C18H18F3N3O. The average Bonchev–Trinajstić information content (AvgIpc) is 3.07. The summed E-state index contributed by atoms with van der Waals surface area (Å²) in [5.41, 5.74) is -0.267. The van der Waals surface area contributed by atoms with Crippen molar-refractivity contribution in [3.8, 4) is 0 Å². The van der Waals surface area contributed by atoms with E-state index in [-0.39, 0.29) is 23.3 Å².